The van der Waals surface area contributed by atoms with Crippen LogP contribution in [0.15, 0.2) is 94.7 Å². The zero-order valence-electron chi connectivity index (χ0n) is 14.9. The van der Waals surface area contributed by atoms with Crippen LogP contribution in [0.2, 0.25) is 0 Å². The third kappa shape index (κ3) is 5.83. The van der Waals surface area contributed by atoms with Gasteiger partial charge in [0.1, 0.15) is 0 Å². The molecule has 3 aromatic rings. The third-order valence-corrected chi connectivity index (χ3v) is 5.01. The van der Waals surface area contributed by atoms with Crippen LogP contribution >= 0.6 is 11.8 Å². The van der Waals surface area contributed by atoms with Crippen molar-refractivity contribution >= 4 is 23.4 Å². The Morgan fingerprint density at radius 2 is 1.37 bits per heavy atom. The molecule has 0 saturated heterocycles. The van der Waals surface area contributed by atoms with Gasteiger partial charge in [0.2, 0.25) is 0 Å². The molecular weight excluding hydrogens is 354 g/mol. The highest BCUT2D eigenvalue weighted by Crippen LogP contribution is 2.27. The van der Waals surface area contributed by atoms with Crippen molar-refractivity contribution in [2.45, 2.75) is 22.6 Å². The van der Waals surface area contributed by atoms with E-state index in [1.54, 1.807) is 23.9 Å². The Kier molecular flexibility index (Phi) is 6.83. The second-order valence-electron chi connectivity index (χ2n) is 6.02. The predicted molar refractivity (Wildman–Crippen MR) is 110 cm³/mol. The van der Waals surface area contributed by atoms with Gasteiger partial charge in [-0.05, 0) is 54.8 Å². The first-order valence-electron chi connectivity index (χ1n) is 8.85. The number of hydrogen-bond donors (Lipinski definition) is 1. The zero-order chi connectivity index (χ0) is 18.9. The largest absolute Gasteiger partial charge is 0.462 e. The molecule has 136 valence electrons. The molecular formula is C23H21NO2S. The maximum atomic E-state index is 11.9. The molecule has 0 radical (unpaired) electrons. The fourth-order valence-electron chi connectivity index (χ4n) is 2.56. The molecule has 3 aromatic carbocycles. The molecule has 0 aliphatic carbocycles. The first-order chi connectivity index (χ1) is 13.2. The van der Waals surface area contributed by atoms with Crippen LogP contribution in [0.25, 0.3) is 0 Å². The van der Waals surface area contributed by atoms with Gasteiger partial charge in [-0.15, -0.1) is 0 Å². The standard InChI is InChI=1S/C23H21NO2S/c24-22(12-7-17-26-23(25)19-8-3-1-4-9-19)18-13-15-21(16-14-18)27-20-10-5-2-6-11-20/h1-6,8-11,13-16,24H,7,12,17H2. The number of benzene rings is 3. The first kappa shape index (κ1) is 18.9. The molecule has 0 heterocycles. The molecule has 0 aliphatic rings. The van der Waals surface area contributed by atoms with E-state index in [2.05, 4.69) is 12.1 Å². The van der Waals surface area contributed by atoms with Gasteiger partial charge >= 0.3 is 5.97 Å². The summed E-state index contributed by atoms with van der Waals surface area (Å²) in [6, 6.07) is 27.2. The summed E-state index contributed by atoms with van der Waals surface area (Å²) in [5.74, 6) is -0.315. The maximum absolute atomic E-state index is 11.9. The molecule has 0 spiro atoms. The van der Waals surface area contributed by atoms with E-state index < -0.39 is 0 Å². The smallest absolute Gasteiger partial charge is 0.338 e. The number of carbonyl (C=O) groups excluding carboxylic acids is 1. The highest BCUT2D eigenvalue weighted by atomic mass is 32.2. The van der Waals surface area contributed by atoms with Crippen LogP contribution < -0.4 is 0 Å². The molecule has 0 bridgehead atoms. The van der Waals surface area contributed by atoms with E-state index in [1.807, 2.05) is 60.7 Å². The van der Waals surface area contributed by atoms with Gasteiger partial charge in [-0.3, -0.25) is 0 Å². The molecule has 0 fully saturated rings. The average molecular weight is 375 g/mol. The number of rotatable bonds is 8. The normalized spacial score (nSPS) is 10.4. The minimum atomic E-state index is -0.315. The highest BCUT2D eigenvalue weighted by molar-refractivity contribution is 7.99. The van der Waals surface area contributed by atoms with E-state index in [9.17, 15) is 4.79 Å². The molecule has 0 unspecified atom stereocenters. The Labute approximate surface area is 163 Å². The maximum Gasteiger partial charge on any atom is 0.338 e. The number of ether oxygens (including phenoxy) is 1. The Morgan fingerprint density at radius 3 is 2.04 bits per heavy atom. The minimum Gasteiger partial charge on any atom is -0.462 e. The van der Waals surface area contributed by atoms with Gasteiger partial charge in [-0.1, -0.05) is 60.3 Å². The summed E-state index contributed by atoms with van der Waals surface area (Å²) in [5.41, 5.74) is 2.02. The lowest BCUT2D eigenvalue weighted by Crippen LogP contribution is -2.08. The number of carbonyl (C=O) groups is 1. The van der Waals surface area contributed by atoms with Crippen molar-refractivity contribution in [2.24, 2.45) is 0 Å². The van der Waals surface area contributed by atoms with Crippen LogP contribution in [0.4, 0.5) is 0 Å². The Balaban J connectivity index is 1.43. The van der Waals surface area contributed by atoms with Gasteiger partial charge in [-0.2, -0.15) is 0 Å². The summed E-state index contributed by atoms with van der Waals surface area (Å²) in [5, 5.41) is 8.22. The van der Waals surface area contributed by atoms with Gasteiger partial charge in [-0.25, -0.2) is 4.79 Å². The minimum absolute atomic E-state index is 0.315. The number of hydrogen-bond acceptors (Lipinski definition) is 4. The van der Waals surface area contributed by atoms with Gasteiger partial charge in [0.25, 0.3) is 0 Å². The van der Waals surface area contributed by atoms with E-state index in [-0.39, 0.29) is 5.97 Å². The monoisotopic (exact) mass is 375 g/mol. The van der Waals surface area contributed by atoms with Crippen molar-refractivity contribution in [3.8, 4) is 0 Å². The fourth-order valence-corrected chi connectivity index (χ4v) is 3.40. The lowest BCUT2D eigenvalue weighted by molar-refractivity contribution is 0.0502. The molecule has 27 heavy (non-hydrogen) atoms. The van der Waals surface area contributed by atoms with Gasteiger partial charge in [0.15, 0.2) is 0 Å². The molecule has 3 rings (SSSR count). The summed E-state index contributed by atoms with van der Waals surface area (Å²) < 4.78 is 5.26. The second kappa shape index (κ2) is 9.74. The van der Waals surface area contributed by atoms with Crippen molar-refractivity contribution in [3.63, 3.8) is 0 Å². The van der Waals surface area contributed by atoms with Crippen molar-refractivity contribution in [2.75, 3.05) is 6.61 Å². The molecule has 0 saturated carbocycles. The van der Waals surface area contributed by atoms with E-state index in [0.717, 1.165) is 10.5 Å². The van der Waals surface area contributed by atoms with Crippen molar-refractivity contribution in [1.82, 2.24) is 0 Å². The Morgan fingerprint density at radius 1 is 0.778 bits per heavy atom. The molecule has 0 aromatic heterocycles. The number of nitrogens with one attached hydrogen (secondary N) is 1. The van der Waals surface area contributed by atoms with E-state index in [4.69, 9.17) is 10.1 Å². The molecule has 0 amide bonds. The fraction of sp³-hybridized carbons (Fsp3) is 0.130. The SMILES string of the molecule is N=C(CCCOC(=O)c1ccccc1)c1ccc(Sc2ccccc2)cc1. The summed E-state index contributed by atoms with van der Waals surface area (Å²) >= 11 is 1.70. The number of esters is 1. The van der Waals surface area contributed by atoms with Crippen LogP contribution in [0.3, 0.4) is 0 Å². The molecule has 0 aliphatic heterocycles. The van der Waals surface area contributed by atoms with Gasteiger partial charge in [0, 0.05) is 15.5 Å². The summed E-state index contributed by atoms with van der Waals surface area (Å²) in [4.78, 5) is 14.2. The van der Waals surface area contributed by atoms with Crippen LogP contribution in [-0.2, 0) is 4.74 Å². The quantitative estimate of drug-likeness (QED) is 0.305. The van der Waals surface area contributed by atoms with E-state index >= 15 is 0 Å². The van der Waals surface area contributed by atoms with Crippen molar-refractivity contribution in [3.05, 3.63) is 96.1 Å². The predicted octanol–water partition coefficient (Wildman–Crippen LogP) is 5.84. The molecule has 3 nitrogen and oxygen atoms in total. The van der Waals surface area contributed by atoms with Crippen LogP contribution in [0.5, 0.6) is 0 Å². The van der Waals surface area contributed by atoms with Crippen molar-refractivity contribution < 1.29 is 9.53 Å². The van der Waals surface area contributed by atoms with Crippen LogP contribution in [-0.4, -0.2) is 18.3 Å². The van der Waals surface area contributed by atoms with Gasteiger partial charge < -0.3 is 10.1 Å². The van der Waals surface area contributed by atoms with Crippen molar-refractivity contribution in [1.29, 1.82) is 5.41 Å². The molecule has 1 N–H and O–H groups in total. The zero-order valence-corrected chi connectivity index (χ0v) is 15.7. The lowest BCUT2D eigenvalue weighted by atomic mass is 10.1. The summed E-state index contributed by atoms with van der Waals surface area (Å²) in [6.45, 7) is 0.318. The van der Waals surface area contributed by atoms with E-state index in [1.165, 1.54) is 4.90 Å². The summed E-state index contributed by atoms with van der Waals surface area (Å²) in [7, 11) is 0. The Bertz CT molecular complexity index is 877. The molecule has 4 heteroatoms. The third-order valence-electron chi connectivity index (χ3n) is 4.00. The molecule has 0 atom stereocenters. The first-order valence-corrected chi connectivity index (χ1v) is 9.67. The topological polar surface area (TPSA) is 50.1 Å². The second-order valence-corrected chi connectivity index (χ2v) is 7.17. The Hall–Kier alpha value is -2.85. The van der Waals surface area contributed by atoms with Gasteiger partial charge in [0.05, 0.1) is 12.2 Å². The lowest BCUT2D eigenvalue weighted by Gasteiger charge is -2.07. The highest BCUT2D eigenvalue weighted by Gasteiger charge is 2.07. The van der Waals surface area contributed by atoms with Crippen LogP contribution in [0, 0.1) is 5.41 Å². The summed E-state index contributed by atoms with van der Waals surface area (Å²) in [6.07, 6.45) is 1.21. The average Bonchev–Trinajstić information content (AvgIpc) is 2.73. The van der Waals surface area contributed by atoms with E-state index in [0.29, 0.717) is 30.7 Å². The van der Waals surface area contributed by atoms with Crippen LogP contribution in [0.1, 0.15) is 28.8 Å².